The molecule has 1 aliphatic rings. The van der Waals surface area contributed by atoms with Crippen molar-refractivity contribution in [3.63, 3.8) is 0 Å². The molecule has 0 aliphatic carbocycles. The average molecular weight is 488 g/mol. The van der Waals surface area contributed by atoms with Crippen LogP contribution in [0.25, 0.3) is 0 Å². The fraction of sp³-hybridized carbons (Fsp3) is 0.304. The highest BCUT2D eigenvalue weighted by Gasteiger charge is 2.20. The van der Waals surface area contributed by atoms with Crippen LogP contribution in [0.1, 0.15) is 33.9 Å². The number of sulfonamides is 1. The molecule has 8 nitrogen and oxygen atoms in total. The highest BCUT2D eigenvalue weighted by Crippen LogP contribution is 2.32. The Labute approximate surface area is 197 Å². The number of rotatable bonds is 9. The van der Waals surface area contributed by atoms with E-state index in [0.717, 1.165) is 30.0 Å². The molecule has 1 aromatic heterocycles. The van der Waals surface area contributed by atoms with E-state index in [1.54, 1.807) is 35.6 Å². The summed E-state index contributed by atoms with van der Waals surface area (Å²) < 4.78 is 39.1. The first kappa shape index (κ1) is 23.1. The van der Waals surface area contributed by atoms with Gasteiger partial charge in [0, 0.05) is 34.9 Å². The molecule has 3 aromatic rings. The molecule has 33 heavy (non-hydrogen) atoms. The van der Waals surface area contributed by atoms with Gasteiger partial charge in [-0.2, -0.15) is 0 Å². The van der Waals surface area contributed by atoms with E-state index in [1.807, 2.05) is 12.3 Å². The molecule has 1 aliphatic heterocycles. The molecule has 0 spiro atoms. The number of amides is 1. The van der Waals surface area contributed by atoms with E-state index in [-0.39, 0.29) is 10.8 Å². The van der Waals surface area contributed by atoms with E-state index in [1.165, 1.54) is 18.2 Å². The molecular weight excluding hydrogens is 462 g/mol. The molecule has 2 aromatic carbocycles. The van der Waals surface area contributed by atoms with Gasteiger partial charge >= 0.3 is 0 Å². The predicted octanol–water partition coefficient (Wildman–Crippen LogP) is 3.78. The molecular formula is C23H25N3O5S2. The second-order valence-corrected chi connectivity index (χ2v) is 10.2. The molecule has 0 saturated heterocycles. The van der Waals surface area contributed by atoms with Crippen molar-refractivity contribution in [3.8, 4) is 11.5 Å². The lowest BCUT2D eigenvalue weighted by atomic mass is 10.2. The summed E-state index contributed by atoms with van der Waals surface area (Å²) in [5, 5.41) is 6.02. The van der Waals surface area contributed by atoms with Crippen LogP contribution in [0.5, 0.6) is 11.5 Å². The zero-order chi connectivity index (χ0) is 23.3. The first-order valence-electron chi connectivity index (χ1n) is 10.6. The number of anilines is 1. The summed E-state index contributed by atoms with van der Waals surface area (Å²) in [7, 11) is -3.86. The van der Waals surface area contributed by atoms with Crippen LogP contribution in [0.4, 0.5) is 5.69 Å². The molecule has 0 radical (unpaired) electrons. The number of fused-ring (bicyclic) bond motifs is 1. The number of nitrogens with zero attached hydrogens (tertiary/aromatic N) is 1. The van der Waals surface area contributed by atoms with Gasteiger partial charge in [-0.05, 0) is 56.5 Å². The van der Waals surface area contributed by atoms with E-state index in [2.05, 4.69) is 15.0 Å². The second-order valence-electron chi connectivity index (χ2n) is 7.59. The van der Waals surface area contributed by atoms with Crippen molar-refractivity contribution in [3.05, 3.63) is 64.1 Å². The van der Waals surface area contributed by atoms with E-state index >= 15 is 0 Å². The SMILES string of the molecule is Cc1csc(CCCCNC(=O)c2cccc(NS(=O)(=O)c3ccc4c(c3)OCCO4)c2)n1. The topological polar surface area (TPSA) is 107 Å². The summed E-state index contributed by atoms with van der Waals surface area (Å²) in [6, 6.07) is 10.9. The maximum Gasteiger partial charge on any atom is 0.262 e. The third-order valence-corrected chi connectivity index (χ3v) is 7.38. The highest BCUT2D eigenvalue weighted by molar-refractivity contribution is 7.92. The number of carbonyl (C=O) groups excluding carboxylic acids is 1. The number of ether oxygens (including phenoxy) is 2. The van der Waals surface area contributed by atoms with Crippen LogP contribution < -0.4 is 19.5 Å². The largest absolute Gasteiger partial charge is 0.486 e. The van der Waals surface area contributed by atoms with Crippen molar-refractivity contribution in [1.29, 1.82) is 0 Å². The molecule has 1 amide bonds. The third kappa shape index (κ3) is 6.02. The number of thiazole rings is 1. The van der Waals surface area contributed by atoms with Gasteiger partial charge in [0.25, 0.3) is 15.9 Å². The van der Waals surface area contributed by atoms with E-state index in [9.17, 15) is 13.2 Å². The van der Waals surface area contributed by atoms with Gasteiger partial charge < -0.3 is 14.8 Å². The highest BCUT2D eigenvalue weighted by atomic mass is 32.2. The molecule has 2 heterocycles. The Bertz CT molecular complexity index is 1240. The van der Waals surface area contributed by atoms with Crippen LogP contribution in [-0.4, -0.2) is 39.1 Å². The molecule has 4 rings (SSSR count). The van der Waals surface area contributed by atoms with E-state index in [0.29, 0.717) is 42.5 Å². The fourth-order valence-electron chi connectivity index (χ4n) is 3.35. The van der Waals surface area contributed by atoms with Gasteiger partial charge in [0.15, 0.2) is 11.5 Å². The van der Waals surface area contributed by atoms with Gasteiger partial charge in [0.05, 0.1) is 9.90 Å². The zero-order valence-electron chi connectivity index (χ0n) is 18.2. The molecule has 0 saturated carbocycles. The minimum atomic E-state index is -3.86. The summed E-state index contributed by atoms with van der Waals surface area (Å²) in [5.41, 5.74) is 1.72. The van der Waals surface area contributed by atoms with Crippen molar-refractivity contribution in [2.24, 2.45) is 0 Å². The van der Waals surface area contributed by atoms with E-state index in [4.69, 9.17) is 9.47 Å². The summed E-state index contributed by atoms with van der Waals surface area (Å²) in [4.78, 5) is 17.0. The maximum absolute atomic E-state index is 12.8. The number of aromatic nitrogens is 1. The Morgan fingerprint density at radius 3 is 2.70 bits per heavy atom. The molecule has 174 valence electrons. The second kappa shape index (κ2) is 10.2. The Hall–Kier alpha value is -3.11. The smallest absolute Gasteiger partial charge is 0.262 e. The summed E-state index contributed by atoms with van der Waals surface area (Å²) in [6.45, 7) is 3.31. The van der Waals surface area contributed by atoms with Gasteiger partial charge in [-0.25, -0.2) is 13.4 Å². The summed E-state index contributed by atoms with van der Waals surface area (Å²) in [6.07, 6.45) is 2.66. The standard InChI is InChI=1S/C23H25N3O5S2/c1-16-15-32-22(25-16)7-2-3-10-24-23(27)17-5-4-6-18(13-17)26-33(28,29)19-8-9-20-21(14-19)31-12-11-30-20/h4-6,8-9,13-15,26H,2-3,7,10-12H2,1H3,(H,24,27). The summed E-state index contributed by atoms with van der Waals surface area (Å²) >= 11 is 1.65. The minimum Gasteiger partial charge on any atom is -0.486 e. The number of aryl methyl sites for hydroxylation is 2. The molecule has 0 fully saturated rings. The quantitative estimate of drug-likeness (QED) is 0.445. The first-order chi connectivity index (χ1) is 15.9. The van der Waals surface area contributed by atoms with Gasteiger partial charge in [-0.3, -0.25) is 9.52 Å². The van der Waals surface area contributed by atoms with Crippen molar-refractivity contribution in [1.82, 2.24) is 10.3 Å². The Morgan fingerprint density at radius 1 is 1.09 bits per heavy atom. The fourth-order valence-corrected chi connectivity index (χ4v) is 5.23. The Kier molecular flexibility index (Phi) is 7.14. The van der Waals surface area contributed by atoms with Crippen LogP contribution in [0.3, 0.4) is 0 Å². The van der Waals surface area contributed by atoms with Crippen LogP contribution in [0.15, 0.2) is 52.7 Å². The van der Waals surface area contributed by atoms with Crippen molar-refractivity contribution in [2.45, 2.75) is 31.1 Å². The molecule has 0 bridgehead atoms. The third-order valence-electron chi connectivity index (χ3n) is 4.97. The lowest BCUT2D eigenvalue weighted by Gasteiger charge is -2.19. The lowest BCUT2D eigenvalue weighted by molar-refractivity contribution is 0.0953. The van der Waals surface area contributed by atoms with Crippen molar-refractivity contribution < 1.29 is 22.7 Å². The number of hydrogen-bond acceptors (Lipinski definition) is 7. The predicted molar refractivity (Wildman–Crippen MR) is 127 cm³/mol. The number of benzene rings is 2. The normalized spacial score (nSPS) is 12.9. The van der Waals surface area contributed by atoms with Gasteiger partial charge in [-0.15, -0.1) is 11.3 Å². The lowest BCUT2D eigenvalue weighted by Crippen LogP contribution is -2.24. The van der Waals surface area contributed by atoms with E-state index < -0.39 is 10.0 Å². The van der Waals surface area contributed by atoms with Gasteiger partial charge in [0.1, 0.15) is 13.2 Å². The number of carbonyl (C=O) groups is 1. The number of nitrogens with one attached hydrogen (secondary N) is 2. The number of unbranched alkanes of at least 4 members (excludes halogenated alkanes) is 1. The van der Waals surface area contributed by atoms with Crippen molar-refractivity contribution >= 4 is 33.0 Å². The number of hydrogen-bond donors (Lipinski definition) is 2. The molecule has 0 atom stereocenters. The van der Waals surface area contributed by atoms with Crippen LogP contribution >= 0.6 is 11.3 Å². The first-order valence-corrected chi connectivity index (χ1v) is 13.0. The molecule has 2 N–H and O–H groups in total. The molecule has 10 heteroatoms. The molecule has 0 unspecified atom stereocenters. The van der Waals surface area contributed by atoms with Gasteiger partial charge in [0.2, 0.25) is 0 Å². The van der Waals surface area contributed by atoms with Crippen LogP contribution in [0.2, 0.25) is 0 Å². The van der Waals surface area contributed by atoms with Crippen LogP contribution in [0, 0.1) is 6.92 Å². The average Bonchev–Trinajstić information content (AvgIpc) is 3.23. The summed E-state index contributed by atoms with van der Waals surface area (Å²) in [5.74, 6) is 0.656. The zero-order valence-corrected chi connectivity index (χ0v) is 19.8. The van der Waals surface area contributed by atoms with Crippen LogP contribution in [-0.2, 0) is 16.4 Å². The maximum atomic E-state index is 12.8. The Morgan fingerprint density at radius 2 is 1.91 bits per heavy atom. The minimum absolute atomic E-state index is 0.0528. The van der Waals surface area contributed by atoms with Crippen molar-refractivity contribution in [2.75, 3.05) is 24.5 Å². The Balaban J connectivity index is 1.32. The monoisotopic (exact) mass is 487 g/mol. The van der Waals surface area contributed by atoms with Gasteiger partial charge in [-0.1, -0.05) is 6.07 Å².